The number of nitrogens with one attached hydrogen (secondary N) is 1. The molecule has 1 aromatic carbocycles. The van der Waals surface area contributed by atoms with Crippen molar-refractivity contribution >= 4 is 11.7 Å². The van der Waals surface area contributed by atoms with Crippen LogP contribution < -0.4 is 10.1 Å². The monoisotopic (exact) mass is 365 g/mol. The summed E-state index contributed by atoms with van der Waals surface area (Å²) >= 11 is 0. The lowest BCUT2D eigenvalue weighted by molar-refractivity contribution is -0.153. The molecular weight excluding hydrogens is 351 g/mol. The van der Waals surface area contributed by atoms with Crippen LogP contribution in [0.1, 0.15) is 21.9 Å². The van der Waals surface area contributed by atoms with Crippen molar-refractivity contribution in [2.24, 2.45) is 0 Å². The van der Waals surface area contributed by atoms with Crippen LogP contribution in [-0.4, -0.2) is 38.3 Å². The van der Waals surface area contributed by atoms with Crippen LogP contribution in [0.15, 0.2) is 36.5 Å². The van der Waals surface area contributed by atoms with E-state index in [1.165, 1.54) is 16.6 Å². The van der Waals surface area contributed by atoms with Crippen LogP contribution in [0, 0.1) is 6.92 Å². The number of benzene rings is 1. The predicted molar refractivity (Wildman–Crippen MR) is 84.7 cm³/mol. The van der Waals surface area contributed by atoms with Gasteiger partial charge in [-0.15, -0.1) is 5.10 Å². The number of aromatic nitrogens is 4. The van der Waals surface area contributed by atoms with E-state index < -0.39 is 18.7 Å². The molecule has 0 fully saturated rings. The van der Waals surface area contributed by atoms with Crippen molar-refractivity contribution in [3.8, 4) is 5.75 Å². The van der Waals surface area contributed by atoms with Crippen LogP contribution in [-0.2, 0) is 6.54 Å². The number of fused-ring (bicyclic) bond motifs is 1. The standard InChI is InChI=1S/C16H14F3N5O2/c1-10-6-7-20-15-22-13(23-24(10)15)14(25)21-8-11-2-4-12(5-3-11)26-9-16(17,18)19/h2-7H,8-9H2,1H3,(H,21,25). The minimum Gasteiger partial charge on any atom is -0.484 e. The fourth-order valence-corrected chi connectivity index (χ4v) is 2.13. The number of carbonyl (C=O) groups excluding carboxylic acids is 1. The summed E-state index contributed by atoms with van der Waals surface area (Å²) in [6.07, 6.45) is -2.82. The van der Waals surface area contributed by atoms with E-state index >= 15 is 0 Å². The van der Waals surface area contributed by atoms with Crippen molar-refractivity contribution in [1.29, 1.82) is 0 Å². The second-order valence-electron chi connectivity index (χ2n) is 5.46. The number of nitrogens with zero attached hydrogens (tertiary/aromatic N) is 4. The molecule has 0 atom stereocenters. The third-order valence-electron chi connectivity index (χ3n) is 3.41. The first-order valence-electron chi connectivity index (χ1n) is 7.57. The summed E-state index contributed by atoms with van der Waals surface area (Å²) in [7, 11) is 0. The van der Waals surface area contributed by atoms with Gasteiger partial charge in [0.2, 0.25) is 5.82 Å². The number of carbonyl (C=O) groups is 1. The molecule has 0 aliphatic carbocycles. The molecular formula is C16H14F3N5O2. The molecule has 0 aliphatic rings. The summed E-state index contributed by atoms with van der Waals surface area (Å²) in [4.78, 5) is 20.2. The fraction of sp³-hybridized carbons (Fsp3) is 0.250. The third-order valence-corrected chi connectivity index (χ3v) is 3.41. The van der Waals surface area contributed by atoms with E-state index in [-0.39, 0.29) is 18.1 Å². The van der Waals surface area contributed by atoms with E-state index in [9.17, 15) is 18.0 Å². The zero-order valence-electron chi connectivity index (χ0n) is 13.6. The van der Waals surface area contributed by atoms with Crippen LogP contribution in [0.25, 0.3) is 5.78 Å². The summed E-state index contributed by atoms with van der Waals surface area (Å²) in [5.74, 6) is -0.0773. The van der Waals surface area contributed by atoms with Gasteiger partial charge in [-0.3, -0.25) is 4.79 Å². The van der Waals surface area contributed by atoms with Crippen molar-refractivity contribution in [1.82, 2.24) is 24.9 Å². The maximum Gasteiger partial charge on any atom is 0.422 e. The van der Waals surface area contributed by atoms with Crippen molar-refractivity contribution in [2.75, 3.05) is 6.61 Å². The minimum atomic E-state index is -4.39. The number of hydrogen-bond donors (Lipinski definition) is 1. The SMILES string of the molecule is Cc1ccnc2nc(C(=O)NCc3ccc(OCC(F)(F)F)cc3)nn12. The Hall–Kier alpha value is -3.17. The van der Waals surface area contributed by atoms with E-state index in [0.717, 1.165) is 5.69 Å². The number of halogens is 3. The van der Waals surface area contributed by atoms with Gasteiger partial charge in [-0.05, 0) is 30.7 Å². The molecule has 26 heavy (non-hydrogen) atoms. The number of ether oxygens (including phenoxy) is 1. The number of amides is 1. The van der Waals surface area contributed by atoms with Crippen LogP contribution in [0.2, 0.25) is 0 Å². The maximum atomic E-state index is 12.2. The van der Waals surface area contributed by atoms with Crippen LogP contribution in [0.4, 0.5) is 13.2 Å². The Labute approximate surface area is 145 Å². The molecule has 7 nitrogen and oxygen atoms in total. The highest BCUT2D eigenvalue weighted by Gasteiger charge is 2.28. The summed E-state index contributed by atoms with van der Waals surface area (Å²) in [5.41, 5.74) is 1.48. The van der Waals surface area contributed by atoms with E-state index in [1.807, 2.05) is 6.92 Å². The molecule has 3 rings (SSSR count). The molecule has 0 spiro atoms. The van der Waals surface area contributed by atoms with Gasteiger partial charge in [-0.25, -0.2) is 9.50 Å². The molecule has 0 bridgehead atoms. The topological polar surface area (TPSA) is 81.4 Å². The Bertz CT molecular complexity index is 922. The molecule has 2 heterocycles. The first kappa shape index (κ1) is 17.6. The van der Waals surface area contributed by atoms with Crippen LogP contribution >= 0.6 is 0 Å². The molecule has 2 aromatic heterocycles. The second kappa shape index (κ2) is 6.98. The van der Waals surface area contributed by atoms with Gasteiger partial charge in [-0.1, -0.05) is 12.1 Å². The van der Waals surface area contributed by atoms with Gasteiger partial charge in [-0.2, -0.15) is 18.2 Å². The van der Waals surface area contributed by atoms with Gasteiger partial charge >= 0.3 is 6.18 Å². The molecule has 0 radical (unpaired) electrons. The molecule has 1 amide bonds. The van der Waals surface area contributed by atoms with E-state index in [2.05, 4.69) is 25.1 Å². The van der Waals surface area contributed by atoms with Gasteiger partial charge in [0.15, 0.2) is 6.61 Å². The highest BCUT2D eigenvalue weighted by atomic mass is 19.4. The molecule has 136 valence electrons. The van der Waals surface area contributed by atoms with Gasteiger partial charge in [0.25, 0.3) is 11.7 Å². The van der Waals surface area contributed by atoms with E-state index in [0.29, 0.717) is 11.3 Å². The molecule has 1 N–H and O–H groups in total. The molecule has 3 aromatic rings. The highest BCUT2D eigenvalue weighted by Crippen LogP contribution is 2.18. The molecule has 0 aliphatic heterocycles. The minimum absolute atomic E-state index is 0.0167. The van der Waals surface area contributed by atoms with Crippen molar-refractivity contribution in [3.05, 3.63) is 53.6 Å². The summed E-state index contributed by atoms with van der Waals surface area (Å²) in [5, 5.41) is 6.74. The first-order chi connectivity index (χ1) is 12.3. The number of rotatable bonds is 5. The Kier molecular flexibility index (Phi) is 4.74. The molecule has 0 unspecified atom stereocenters. The Balaban J connectivity index is 1.59. The normalized spacial score (nSPS) is 11.5. The zero-order chi connectivity index (χ0) is 18.7. The van der Waals surface area contributed by atoms with Crippen molar-refractivity contribution in [3.63, 3.8) is 0 Å². The summed E-state index contributed by atoms with van der Waals surface area (Å²) in [6.45, 7) is 0.629. The van der Waals surface area contributed by atoms with Crippen molar-refractivity contribution in [2.45, 2.75) is 19.6 Å². The van der Waals surface area contributed by atoms with Gasteiger partial charge in [0.1, 0.15) is 5.75 Å². The van der Waals surface area contributed by atoms with Crippen molar-refractivity contribution < 1.29 is 22.7 Å². The molecule has 0 saturated heterocycles. The number of alkyl halides is 3. The van der Waals surface area contributed by atoms with Gasteiger partial charge < -0.3 is 10.1 Å². The van der Waals surface area contributed by atoms with E-state index in [4.69, 9.17) is 0 Å². The van der Waals surface area contributed by atoms with Crippen LogP contribution in [0.3, 0.4) is 0 Å². The lowest BCUT2D eigenvalue weighted by Crippen LogP contribution is -2.24. The zero-order valence-corrected chi connectivity index (χ0v) is 13.6. The number of aryl methyl sites for hydroxylation is 1. The smallest absolute Gasteiger partial charge is 0.422 e. The predicted octanol–water partition coefficient (Wildman–Crippen LogP) is 2.30. The second-order valence-corrected chi connectivity index (χ2v) is 5.46. The first-order valence-corrected chi connectivity index (χ1v) is 7.57. The fourth-order valence-electron chi connectivity index (χ4n) is 2.13. The third kappa shape index (κ3) is 4.26. The molecule has 0 saturated carbocycles. The average molecular weight is 365 g/mol. The number of hydrogen-bond acceptors (Lipinski definition) is 5. The van der Waals surface area contributed by atoms with Gasteiger partial charge in [0.05, 0.1) is 0 Å². The van der Waals surface area contributed by atoms with Crippen LogP contribution in [0.5, 0.6) is 5.75 Å². The molecule has 10 heteroatoms. The Morgan fingerprint density at radius 3 is 2.62 bits per heavy atom. The highest BCUT2D eigenvalue weighted by molar-refractivity contribution is 5.90. The quantitative estimate of drug-likeness (QED) is 0.750. The largest absolute Gasteiger partial charge is 0.484 e. The van der Waals surface area contributed by atoms with E-state index in [1.54, 1.807) is 24.4 Å². The Morgan fingerprint density at radius 1 is 1.23 bits per heavy atom. The summed E-state index contributed by atoms with van der Waals surface area (Å²) < 4.78 is 42.4. The lowest BCUT2D eigenvalue weighted by atomic mass is 10.2. The van der Waals surface area contributed by atoms with Gasteiger partial charge in [0, 0.05) is 18.4 Å². The lowest BCUT2D eigenvalue weighted by Gasteiger charge is -2.09. The summed E-state index contributed by atoms with van der Waals surface area (Å²) in [6, 6.07) is 7.68. The average Bonchev–Trinajstić information content (AvgIpc) is 3.04. The Morgan fingerprint density at radius 2 is 1.96 bits per heavy atom. The maximum absolute atomic E-state index is 12.2.